The molecule has 0 N–H and O–H groups in total. The van der Waals surface area contributed by atoms with E-state index < -0.39 is 43.7 Å². The molecule has 74 heavy (non-hydrogen) atoms. The van der Waals surface area contributed by atoms with E-state index in [2.05, 4.69) is 0 Å². The average Bonchev–Trinajstić information content (AvgIpc) is 3.94. The zero-order chi connectivity index (χ0) is 55.0. The molecule has 0 aliphatic heterocycles. The van der Waals surface area contributed by atoms with Crippen LogP contribution in [0, 0.1) is 0 Å². The molecule has 7 aromatic carbocycles. The third-order valence-corrected chi connectivity index (χ3v) is 15.6. The van der Waals surface area contributed by atoms with Crippen LogP contribution in [0.25, 0.3) is 47.7 Å². The lowest BCUT2D eigenvalue weighted by Crippen LogP contribution is -2.67. The van der Waals surface area contributed by atoms with Crippen molar-refractivity contribution in [2.24, 2.45) is 0 Å². The first kappa shape index (κ1) is 55.2. The molecule has 0 bridgehead atoms. The minimum absolute atomic E-state index is 0.0288. The highest BCUT2D eigenvalue weighted by Crippen LogP contribution is 2.45. The number of benzene rings is 7. The van der Waals surface area contributed by atoms with E-state index >= 15 is 0 Å². The van der Waals surface area contributed by atoms with Crippen LogP contribution in [0.3, 0.4) is 0 Å². The smallest absolute Gasteiger partial charge is 0.117 e. The van der Waals surface area contributed by atoms with Gasteiger partial charge in [-0.05, 0) is 43.8 Å². The Kier molecular flexibility index (Phi) is 13.8. The molecule has 9 aromatic rings. The molecule has 0 aliphatic rings. The summed E-state index contributed by atoms with van der Waals surface area (Å²) in [5, 5.41) is 0.392. The Morgan fingerprint density at radius 3 is 0.824 bits per heavy atom. The van der Waals surface area contributed by atoms with E-state index in [1.165, 1.54) is 4.57 Å². The summed E-state index contributed by atoms with van der Waals surface area (Å²) in [5.74, 6) is 0. The summed E-state index contributed by atoms with van der Waals surface area (Å²) in [6, 6.07) is 0. The standard InChI is InChI=1S/C43B29NS/c44-9-1-2-10(45)22(57)32(67)35(70)39(2)73(38(1)34(69)31(66)21(9)56)40-19(54)7(17(52)28(63)36(40)71)43(5-13(48)24(59)29(64)25(60)14(5)49,6-15(50)26(61)30(65)27(62)16(6)51)8-18(53)20(55)11(46)3-4-12(47)23(58)33(68)37(72)42(4)74-41(3)8. The fourth-order valence-electron chi connectivity index (χ4n) is 10.4. The third kappa shape index (κ3) is 6.90. The summed E-state index contributed by atoms with van der Waals surface area (Å²) in [7, 11) is 200. The van der Waals surface area contributed by atoms with Gasteiger partial charge in [0.2, 0.25) is 0 Å². The molecule has 0 aliphatic carbocycles. The molecule has 58 radical (unpaired) electrons. The van der Waals surface area contributed by atoms with Crippen molar-refractivity contribution in [1.82, 2.24) is 4.57 Å². The molecule has 9 rings (SSSR count). The van der Waals surface area contributed by atoms with Crippen LogP contribution in [0.1, 0.15) is 22.3 Å². The molecule has 0 saturated heterocycles. The molecule has 0 saturated carbocycles. The van der Waals surface area contributed by atoms with E-state index in [1.54, 1.807) is 0 Å². The van der Waals surface area contributed by atoms with E-state index in [9.17, 15) is 0 Å². The van der Waals surface area contributed by atoms with Crippen LogP contribution < -0.4 is 158 Å². The van der Waals surface area contributed by atoms with Gasteiger partial charge in [-0.15, -0.1) is 110 Å². The highest BCUT2D eigenvalue weighted by molar-refractivity contribution is 7.28. The summed E-state index contributed by atoms with van der Waals surface area (Å²) in [4.78, 5) is 0. The Morgan fingerprint density at radius 1 is 0.203 bits per heavy atom. The molecule has 31 heteroatoms. The Labute approximate surface area is 473 Å². The van der Waals surface area contributed by atoms with Crippen LogP contribution in [-0.4, -0.2) is 232 Å². The van der Waals surface area contributed by atoms with Crippen LogP contribution >= 0.6 is 11.3 Å². The van der Waals surface area contributed by atoms with Gasteiger partial charge < -0.3 is 4.57 Å². The second-order valence-electron chi connectivity index (χ2n) is 17.9. The Balaban J connectivity index is 1.75. The lowest BCUT2D eigenvalue weighted by molar-refractivity contribution is 0.794. The SMILES string of the molecule is [B]c1c([B])c([B])c(C(c2c([B])c([B])c([B])c([B])c2[B])(c2c([B])c([B])c([B])c(-n3c4c([B])c([B])c([B])c([B])c4c4c([B])c([B])c([B])c([B])c43)c2[B])c2c([B])c([B])c([B])c3c2sc2c([B])c([B])c([B])c([B])c23)c([B])c1[B]. The van der Waals surface area contributed by atoms with Crippen molar-refractivity contribution in [3.05, 3.63) is 22.3 Å². The minimum Gasteiger partial charge on any atom is -0.312 e. The summed E-state index contributed by atoms with van der Waals surface area (Å²) in [6.07, 6.45) is 0. The topological polar surface area (TPSA) is 4.93 Å². The molecule has 1 nitrogen and oxygen atoms in total. The van der Waals surface area contributed by atoms with Crippen LogP contribution in [-0.2, 0) is 5.41 Å². The maximum Gasteiger partial charge on any atom is 0.117 e. The van der Waals surface area contributed by atoms with Gasteiger partial charge in [0, 0.05) is 26.1 Å². The van der Waals surface area contributed by atoms with E-state index in [0.717, 1.165) is 11.3 Å². The molecule has 0 atom stereocenters. The number of nitrogens with zero attached hydrogens (tertiary/aromatic N) is 1. The number of fused-ring (bicyclic) bond motifs is 6. The molecule has 270 valence electrons. The van der Waals surface area contributed by atoms with Crippen molar-refractivity contribution in [3.8, 4) is 5.69 Å². The van der Waals surface area contributed by atoms with Crippen LogP contribution in [0.15, 0.2) is 0 Å². The number of rotatable bonds is 5. The zero-order valence-corrected chi connectivity index (χ0v) is 39.9. The number of thiophene rings is 1. The predicted octanol–water partition coefficient (Wildman–Crippen LogP) is -23.4. The predicted molar refractivity (Wildman–Crippen MR) is 348 cm³/mol. The van der Waals surface area contributed by atoms with Gasteiger partial charge in [0.25, 0.3) is 0 Å². The summed E-state index contributed by atoms with van der Waals surface area (Å²) in [5.41, 5.74) is -11.9. The van der Waals surface area contributed by atoms with Gasteiger partial charge in [-0.3, -0.25) is 0 Å². The lowest BCUT2D eigenvalue weighted by atomic mass is 9.45. The lowest BCUT2D eigenvalue weighted by Gasteiger charge is -2.48. The van der Waals surface area contributed by atoms with Gasteiger partial charge in [-0.1, -0.05) is 60.1 Å². The maximum atomic E-state index is 7.78. The second-order valence-corrected chi connectivity index (χ2v) is 18.9. The van der Waals surface area contributed by atoms with E-state index in [0.29, 0.717) is 0 Å². The molecule has 0 unspecified atom stereocenters. The number of hydrogen-bond donors (Lipinski definition) is 0. The first-order valence-electron chi connectivity index (χ1n) is 21.5. The van der Waals surface area contributed by atoms with Gasteiger partial charge in [0.1, 0.15) is 228 Å². The minimum atomic E-state index is -2.69. The molecular formula is C43B29NS. The third-order valence-electron chi connectivity index (χ3n) is 14.4. The number of hydrogen-bond acceptors (Lipinski definition) is 1. The first-order chi connectivity index (χ1) is 34.4. The van der Waals surface area contributed by atoms with E-state index in [1.807, 2.05) is 0 Å². The molecule has 0 fully saturated rings. The van der Waals surface area contributed by atoms with Gasteiger partial charge in [0.15, 0.2) is 0 Å². The molecular weight excluding hydrogens is 876 g/mol. The second kappa shape index (κ2) is 18.5. The largest absolute Gasteiger partial charge is 0.312 e. The van der Waals surface area contributed by atoms with Crippen molar-refractivity contribution >= 4 is 439 Å². The van der Waals surface area contributed by atoms with E-state index in [4.69, 9.17) is 228 Å². The van der Waals surface area contributed by atoms with Crippen LogP contribution in [0.2, 0.25) is 0 Å². The quantitative estimate of drug-likeness (QED) is 0.120. The van der Waals surface area contributed by atoms with Crippen molar-refractivity contribution < 1.29 is 0 Å². The summed E-state index contributed by atoms with van der Waals surface area (Å²) >= 11 is 0.935. The zero-order valence-electron chi connectivity index (χ0n) is 39.1. The number of aromatic nitrogens is 1. The first-order valence-corrected chi connectivity index (χ1v) is 22.3. The van der Waals surface area contributed by atoms with Crippen LogP contribution in [0.5, 0.6) is 0 Å². The van der Waals surface area contributed by atoms with Crippen molar-refractivity contribution in [3.63, 3.8) is 0 Å². The van der Waals surface area contributed by atoms with Gasteiger partial charge >= 0.3 is 0 Å². The van der Waals surface area contributed by atoms with Crippen molar-refractivity contribution in [1.29, 1.82) is 0 Å². The van der Waals surface area contributed by atoms with E-state index in [-0.39, 0.29) is 190 Å². The molecule has 2 heterocycles. The Hall–Kier alpha value is -3.56. The van der Waals surface area contributed by atoms with Gasteiger partial charge in [-0.25, -0.2) is 0 Å². The molecule has 0 amide bonds. The molecule has 2 aromatic heterocycles. The summed E-state index contributed by atoms with van der Waals surface area (Å²) in [6.45, 7) is 0. The van der Waals surface area contributed by atoms with Crippen molar-refractivity contribution in [2.75, 3.05) is 0 Å². The highest BCUT2D eigenvalue weighted by atomic mass is 32.1. The summed E-state index contributed by atoms with van der Waals surface area (Å²) < 4.78 is 1.63. The fourth-order valence-corrected chi connectivity index (χ4v) is 11.8. The molecule has 0 spiro atoms. The van der Waals surface area contributed by atoms with Crippen LogP contribution in [0.4, 0.5) is 0 Å². The van der Waals surface area contributed by atoms with Gasteiger partial charge in [0.05, 0.1) is 5.41 Å². The Morgan fingerprint density at radius 2 is 0.446 bits per heavy atom. The average molecular weight is 876 g/mol. The monoisotopic (exact) mass is 881 g/mol. The maximum absolute atomic E-state index is 7.78. The normalized spacial score (nSPS) is 12.0. The van der Waals surface area contributed by atoms with Gasteiger partial charge in [-0.2, -0.15) is 0 Å². The van der Waals surface area contributed by atoms with Crippen molar-refractivity contribution in [2.45, 2.75) is 5.41 Å². The Bertz CT molecular complexity index is 3930. The highest BCUT2D eigenvalue weighted by Gasteiger charge is 2.48. The fraction of sp³-hybridized carbons (Fsp3) is 0.0233.